The molecular weight excluding hydrogens is 305 g/mol. The number of piperidine rings is 1. The van der Waals surface area contributed by atoms with Gasteiger partial charge >= 0.3 is 0 Å². The third-order valence-corrected chi connectivity index (χ3v) is 6.92. The van der Waals surface area contributed by atoms with Crippen LogP contribution in [-0.2, 0) is 14.6 Å². The van der Waals surface area contributed by atoms with Crippen LogP contribution in [-0.4, -0.2) is 37.6 Å². The number of amides is 1. The number of benzene rings is 1. The number of rotatable bonds is 3. The Morgan fingerprint density at radius 3 is 2.36 bits per heavy atom. The van der Waals surface area contributed by atoms with Crippen LogP contribution in [0.3, 0.4) is 0 Å². The largest absolute Gasteiger partial charge is 0.341 e. The zero-order valence-corrected chi connectivity index (χ0v) is 13.2. The predicted molar refractivity (Wildman–Crippen MR) is 80.5 cm³/mol. The van der Waals surface area contributed by atoms with Gasteiger partial charge < -0.3 is 4.90 Å². The van der Waals surface area contributed by atoms with Crippen molar-refractivity contribution in [1.29, 1.82) is 0 Å². The lowest BCUT2D eigenvalue weighted by molar-refractivity contribution is -0.138. The van der Waals surface area contributed by atoms with E-state index in [1.165, 1.54) is 12.1 Å². The second-order valence-electron chi connectivity index (χ2n) is 6.18. The van der Waals surface area contributed by atoms with Crippen molar-refractivity contribution in [2.45, 2.75) is 42.2 Å². The molecule has 1 aliphatic heterocycles. The van der Waals surface area contributed by atoms with E-state index in [2.05, 4.69) is 0 Å². The third-order valence-electron chi connectivity index (χ3n) is 4.73. The highest BCUT2D eigenvalue weighted by Crippen LogP contribution is 2.31. The van der Waals surface area contributed by atoms with Gasteiger partial charge in [0, 0.05) is 19.0 Å². The standard InChI is InChI=1S/C16H20FNO3S/c17-13-6-8-14(9-7-13)22(20,21)15-5-2-10-18(11-15)16(19)12-3-1-4-12/h6-9,12,15H,1-5,10-11H2/t15-/m0/s1. The van der Waals surface area contributed by atoms with Crippen LogP contribution >= 0.6 is 0 Å². The molecule has 1 aliphatic carbocycles. The van der Waals surface area contributed by atoms with Gasteiger partial charge in [-0.15, -0.1) is 0 Å². The molecule has 0 spiro atoms. The van der Waals surface area contributed by atoms with Crippen LogP contribution in [0.2, 0.25) is 0 Å². The molecule has 0 N–H and O–H groups in total. The molecule has 6 heteroatoms. The summed E-state index contributed by atoms with van der Waals surface area (Å²) in [5.41, 5.74) is 0. The molecule has 1 heterocycles. The van der Waals surface area contributed by atoms with E-state index in [9.17, 15) is 17.6 Å². The summed E-state index contributed by atoms with van der Waals surface area (Å²) < 4.78 is 38.3. The fourth-order valence-corrected chi connectivity index (χ4v) is 4.88. The van der Waals surface area contributed by atoms with Gasteiger partial charge in [0.15, 0.2) is 9.84 Å². The molecule has 2 aliphatic rings. The first-order chi connectivity index (χ1) is 10.5. The van der Waals surface area contributed by atoms with Crippen LogP contribution in [0.4, 0.5) is 4.39 Å². The smallest absolute Gasteiger partial charge is 0.225 e. The normalized spacial score (nSPS) is 23.1. The Morgan fingerprint density at radius 2 is 1.77 bits per heavy atom. The first-order valence-electron chi connectivity index (χ1n) is 7.77. The number of halogens is 1. The summed E-state index contributed by atoms with van der Waals surface area (Å²) in [5.74, 6) is -0.262. The van der Waals surface area contributed by atoms with Gasteiger partial charge in [-0.05, 0) is 49.9 Å². The zero-order valence-electron chi connectivity index (χ0n) is 12.4. The molecule has 3 rings (SSSR count). The molecule has 1 atom stereocenters. The fourth-order valence-electron chi connectivity index (χ4n) is 3.12. The summed E-state index contributed by atoms with van der Waals surface area (Å²) in [6, 6.07) is 4.93. The molecule has 1 amide bonds. The molecule has 0 unspecified atom stereocenters. The van der Waals surface area contributed by atoms with Gasteiger partial charge in [0.2, 0.25) is 5.91 Å². The van der Waals surface area contributed by atoms with Crippen molar-refractivity contribution in [2.75, 3.05) is 13.1 Å². The number of sulfone groups is 1. The lowest BCUT2D eigenvalue weighted by Gasteiger charge is -2.37. The lowest BCUT2D eigenvalue weighted by atomic mass is 9.84. The van der Waals surface area contributed by atoms with Crippen LogP contribution in [0, 0.1) is 11.7 Å². The first kappa shape index (κ1) is 15.5. The number of carbonyl (C=O) groups excluding carboxylic acids is 1. The van der Waals surface area contributed by atoms with Crippen molar-refractivity contribution in [3.63, 3.8) is 0 Å². The quantitative estimate of drug-likeness (QED) is 0.802. The van der Waals surface area contributed by atoms with Gasteiger partial charge in [0.1, 0.15) is 5.82 Å². The van der Waals surface area contributed by atoms with E-state index in [4.69, 9.17) is 0 Å². The van der Waals surface area contributed by atoms with Gasteiger partial charge in [0.05, 0.1) is 10.1 Å². The Morgan fingerprint density at radius 1 is 1.09 bits per heavy atom. The average Bonchev–Trinajstić information content (AvgIpc) is 2.46. The lowest BCUT2D eigenvalue weighted by Crippen LogP contribution is -2.48. The van der Waals surface area contributed by atoms with Gasteiger partial charge in [-0.1, -0.05) is 6.42 Å². The highest BCUT2D eigenvalue weighted by atomic mass is 32.2. The maximum atomic E-state index is 13.0. The van der Waals surface area contributed by atoms with Gasteiger partial charge in [0.25, 0.3) is 0 Å². The van der Waals surface area contributed by atoms with Crippen LogP contribution in [0.25, 0.3) is 0 Å². The van der Waals surface area contributed by atoms with Crippen molar-refractivity contribution < 1.29 is 17.6 Å². The third kappa shape index (κ3) is 2.89. The van der Waals surface area contributed by atoms with Crippen molar-refractivity contribution in [3.8, 4) is 0 Å². The topological polar surface area (TPSA) is 54.5 Å². The summed E-state index contributed by atoms with van der Waals surface area (Å²) in [7, 11) is -3.52. The van der Waals surface area contributed by atoms with Crippen LogP contribution in [0.5, 0.6) is 0 Å². The van der Waals surface area contributed by atoms with Crippen molar-refractivity contribution in [2.24, 2.45) is 5.92 Å². The molecule has 1 saturated heterocycles. The molecule has 1 aromatic carbocycles. The molecule has 0 aromatic heterocycles. The Kier molecular flexibility index (Phi) is 4.21. The SMILES string of the molecule is O=C(C1CCC1)N1CCC[C@H](S(=O)(=O)c2ccc(F)cc2)C1. The highest BCUT2D eigenvalue weighted by molar-refractivity contribution is 7.92. The van der Waals surface area contributed by atoms with Crippen LogP contribution in [0.1, 0.15) is 32.1 Å². The Balaban J connectivity index is 1.75. The summed E-state index contributed by atoms with van der Waals surface area (Å²) in [6.45, 7) is 0.903. The minimum absolute atomic E-state index is 0.0901. The first-order valence-corrected chi connectivity index (χ1v) is 9.31. The van der Waals surface area contributed by atoms with E-state index in [-0.39, 0.29) is 23.3 Å². The predicted octanol–water partition coefficient (Wildman–Crippen LogP) is 2.39. The maximum Gasteiger partial charge on any atom is 0.225 e. The van der Waals surface area contributed by atoms with E-state index >= 15 is 0 Å². The number of nitrogens with zero attached hydrogens (tertiary/aromatic N) is 1. The molecule has 4 nitrogen and oxygen atoms in total. The molecule has 120 valence electrons. The second-order valence-corrected chi connectivity index (χ2v) is 8.40. The highest BCUT2D eigenvalue weighted by Gasteiger charge is 2.36. The van der Waals surface area contributed by atoms with Crippen LogP contribution in [0.15, 0.2) is 29.2 Å². The summed E-state index contributed by atoms with van der Waals surface area (Å²) in [5, 5.41) is -0.587. The van der Waals surface area contributed by atoms with Gasteiger partial charge in [-0.25, -0.2) is 12.8 Å². The zero-order chi connectivity index (χ0) is 15.7. The second kappa shape index (κ2) is 5.99. The van der Waals surface area contributed by atoms with Crippen molar-refractivity contribution in [3.05, 3.63) is 30.1 Å². The molecule has 0 bridgehead atoms. The summed E-state index contributed by atoms with van der Waals surface area (Å²) >= 11 is 0. The molecular formula is C16H20FNO3S. The minimum atomic E-state index is -3.52. The monoisotopic (exact) mass is 325 g/mol. The molecule has 22 heavy (non-hydrogen) atoms. The van der Waals surface area contributed by atoms with Crippen LogP contribution < -0.4 is 0 Å². The van der Waals surface area contributed by atoms with E-state index in [0.717, 1.165) is 31.4 Å². The Hall–Kier alpha value is -1.43. The van der Waals surface area contributed by atoms with E-state index in [1.807, 2.05) is 0 Å². The van der Waals surface area contributed by atoms with E-state index in [0.29, 0.717) is 19.4 Å². The van der Waals surface area contributed by atoms with E-state index in [1.54, 1.807) is 4.90 Å². The minimum Gasteiger partial charge on any atom is -0.341 e. The molecule has 1 aromatic rings. The molecule has 0 radical (unpaired) electrons. The average molecular weight is 325 g/mol. The fraction of sp³-hybridized carbons (Fsp3) is 0.562. The van der Waals surface area contributed by atoms with Gasteiger partial charge in [-0.2, -0.15) is 0 Å². The number of carbonyl (C=O) groups is 1. The summed E-state index contributed by atoms with van der Waals surface area (Å²) in [4.78, 5) is 14.2. The maximum absolute atomic E-state index is 13.0. The Labute approximate surface area is 130 Å². The van der Waals surface area contributed by atoms with Gasteiger partial charge in [-0.3, -0.25) is 4.79 Å². The van der Waals surface area contributed by atoms with Crippen molar-refractivity contribution >= 4 is 15.7 Å². The molecule has 1 saturated carbocycles. The molecule has 2 fully saturated rings. The van der Waals surface area contributed by atoms with E-state index < -0.39 is 20.9 Å². The summed E-state index contributed by atoms with van der Waals surface area (Å²) in [6.07, 6.45) is 4.18. The number of likely N-dealkylation sites (tertiary alicyclic amines) is 1. The number of hydrogen-bond donors (Lipinski definition) is 0. The number of hydrogen-bond acceptors (Lipinski definition) is 3. The Bertz CT molecular complexity index is 652. The van der Waals surface area contributed by atoms with Crippen molar-refractivity contribution in [1.82, 2.24) is 4.90 Å².